The van der Waals surface area contributed by atoms with Crippen molar-refractivity contribution in [1.29, 1.82) is 0 Å². The first-order valence-electron chi connectivity index (χ1n) is 5.99. The Balaban J connectivity index is 1.97. The van der Waals surface area contributed by atoms with Crippen molar-refractivity contribution >= 4 is 23.4 Å². The van der Waals surface area contributed by atoms with Gasteiger partial charge in [-0.15, -0.1) is 0 Å². The number of carbonyl (C=O) groups excluding carboxylic acids is 2. The van der Waals surface area contributed by atoms with Crippen LogP contribution in [0.5, 0.6) is 0 Å². The van der Waals surface area contributed by atoms with Gasteiger partial charge in [0.1, 0.15) is 5.82 Å². The highest BCUT2D eigenvalue weighted by molar-refractivity contribution is 6.30. The molecule has 0 aromatic heterocycles. The minimum atomic E-state index is -0.741. The van der Waals surface area contributed by atoms with E-state index in [4.69, 9.17) is 16.3 Å². The summed E-state index contributed by atoms with van der Waals surface area (Å²) >= 11 is 5.71. The van der Waals surface area contributed by atoms with Gasteiger partial charge in [-0.1, -0.05) is 17.7 Å². The molecule has 0 aliphatic rings. The molecule has 3 nitrogen and oxygen atoms in total. The number of rotatable bonds is 4. The second-order valence-corrected chi connectivity index (χ2v) is 4.53. The van der Waals surface area contributed by atoms with E-state index in [9.17, 15) is 14.0 Å². The quantitative estimate of drug-likeness (QED) is 0.371. The van der Waals surface area contributed by atoms with Crippen molar-refractivity contribution in [2.45, 2.75) is 0 Å². The van der Waals surface area contributed by atoms with E-state index in [1.54, 1.807) is 24.3 Å². The summed E-state index contributed by atoms with van der Waals surface area (Å²) in [6, 6.07) is 11.4. The van der Waals surface area contributed by atoms with E-state index in [1.807, 2.05) is 0 Å². The Morgan fingerprint density at radius 3 is 2.43 bits per heavy atom. The number of carbonyl (C=O) groups is 2. The average Bonchev–Trinajstić information content (AvgIpc) is 2.47. The fourth-order valence-electron chi connectivity index (χ4n) is 1.55. The summed E-state index contributed by atoms with van der Waals surface area (Å²) in [7, 11) is 0. The third-order valence-electron chi connectivity index (χ3n) is 2.58. The van der Waals surface area contributed by atoms with Gasteiger partial charge in [0, 0.05) is 16.7 Å². The van der Waals surface area contributed by atoms with Crippen molar-refractivity contribution in [3.05, 3.63) is 82.8 Å². The van der Waals surface area contributed by atoms with Crippen LogP contribution in [-0.2, 0) is 4.74 Å². The van der Waals surface area contributed by atoms with Gasteiger partial charge >= 0.3 is 5.97 Å². The summed E-state index contributed by atoms with van der Waals surface area (Å²) in [6.45, 7) is 0. The molecule has 106 valence electrons. The van der Waals surface area contributed by atoms with Crippen LogP contribution in [0, 0.1) is 5.82 Å². The summed E-state index contributed by atoms with van der Waals surface area (Å²) in [5.74, 6) is -1.61. The smallest absolute Gasteiger partial charge is 0.343 e. The Hall–Kier alpha value is -2.46. The van der Waals surface area contributed by atoms with Crippen molar-refractivity contribution in [3.63, 3.8) is 0 Å². The molecule has 0 saturated heterocycles. The van der Waals surface area contributed by atoms with Crippen LogP contribution in [0.1, 0.15) is 20.7 Å². The lowest BCUT2D eigenvalue weighted by Crippen LogP contribution is -2.02. The Morgan fingerprint density at radius 2 is 1.76 bits per heavy atom. The average molecular weight is 305 g/mol. The Morgan fingerprint density at radius 1 is 1.05 bits per heavy atom. The lowest BCUT2D eigenvalue weighted by Gasteiger charge is -1.99. The maximum absolute atomic E-state index is 12.9. The molecule has 0 fully saturated rings. The standard InChI is InChI=1S/C16H10ClFO3/c17-13-6-4-11(5-7-13)15(19)8-9-21-16(20)12-2-1-3-14(18)10-12/h1-10H. The SMILES string of the molecule is O=C(C=COC(=O)c1cccc(F)c1)c1ccc(Cl)cc1. The van der Waals surface area contributed by atoms with Crippen molar-refractivity contribution in [2.75, 3.05) is 0 Å². The van der Waals surface area contributed by atoms with Crippen LogP contribution < -0.4 is 0 Å². The molecule has 0 aliphatic heterocycles. The third-order valence-corrected chi connectivity index (χ3v) is 2.84. The maximum Gasteiger partial charge on any atom is 0.343 e. The van der Waals surface area contributed by atoms with E-state index in [0.717, 1.165) is 18.4 Å². The molecule has 2 aromatic carbocycles. The van der Waals surface area contributed by atoms with Gasteiger partial charge in [-0.2, -0.15) is 0 Å². The Kier molecular flexibility index (Phi) is 4.85. The summed E-state index contributed by atoms with van der Waals surface area (Å²) in [4.78, 5) is 23.3. The molecule has 0 amide bonds. The van der Waals surface area contributed by atoms with Crippen molar-refractivity contribution < 1.29 is 18.7 Å². The lowest BCUT2D eigenvalue weighted by molar-refractivity contribution is 0.0662. The third kappa shape index (κ3) is 4.26. The van der Waals surface area contributed by atoms with Crippen molar-refractivity contribution in [1.82, 2.24) is 0 Å². The highest BCUT2D eigenvalue weighted by Crippen LogP contribution is 2.10. The van der Waals surface area contributed by atoms with Gasteiger partial charge in [-0.3, -0.25) is 4.79 Å². The Bertz CT molecular complexity index is 693. The molecule has 0 saturated carbocycles. The zero-order chi connectivity index (χ0) is 15.2. The van der Waals surface area contributed by atoms with Gasteiger partial charge in [-0.25, -0.2) is 9.18 Å². The topological polar surface area (TPSA) is 43.4 Å². The molecular formula is C16H10ClFO3. The van der Waals surface area contributed by atoms with Gasteiger partial charge in [-0.05, 0) is 42.5 Å². The lowest BCUT2D eigenvalue weighted by atomic mass is 10.1. The first-order valence-corrected chi connectivity index (χ1v) is 6.37. The number of benzene rings is 2. The number of hydrogen-bond donors (Lipinski definition) is 0. The van der Waals surface area contributed by atoms with Crippen LogP contribution in [0.25, 0.3) is 0 Å². The molecule has 0 heterocycles. The van der Waals surface area contributed by atoms with Crippen LogP contribution in [-0.4, -0.2) is 11.8 Å². The summed E-state index contributed by atoms with van der Waals surface area (Å²) < 4.78 is 17.7. The largest absolute Gasteiger partial charge is 0.431 e. The van der Waals surface area contributed by atoms with E-state index in [1.165, 1.54) is 18.2 Å². The normalized spacial score (nSPS) is 10.6. The number of ether oxygens (including phenoxy) is 1. The number of esters is 1. The van der Waals surface area contributed by atoms with Crippen molar-refractivity contribution in [2.24, 2.45) is 0 Å². The monoisotopic (exact) mass is 304 g/mol. The van der Waals surface area contributed by atoms with Gasteiger partial charge in [0.25, 0.3) is 0 Å². The highest BCUT2D eigenvalue weighted by Gasteiger charge is 2.07. The molecule has 0 bridgehead atoms. The van der Waals surface area contributed by atoms with Gasteiger partial charge in [0.15, 0.2) is 5.78 Å². The fraction of sp³-hybridized carbons (Fsp3) is 0. The molecule has 0 spiro atoms. The number of allylic oxidation sites excluding steroid dienone is 1. The summed E-state index contributed by atoms with van der Waals surface area (Å²) in [5, 5.41) is 0.521. The van der Waals surface area contributed by atoms with Crippen molar-refractivity contribution in [3.8, 4) is 0 Å². The molecule has 0 radical (unpaired) electrons. The predicted octanol–water partition coefficient (Wildman–Crippen LogP) is 4.03. The molecule has 21 heavy (non-hydrogen) atoms. The highest BCUT2D eigenvalue weighted by atomic mass is 35.5. The van der Waals surface area contributed by atoms with Gasteiger partial charge < -0.3 is 4.74 Å². The zero-order valence-corrected chi connectivity index (χ0v) is 11.5. The van der Waals surface area contributed by atoms with Crippen LogP contribution in [0.2, 0.25) is 5.02 Å². The summed E-state index contributed by atoms with van der Waals surface area (Å²) in [5.41, 5.74) is 0.482. The molecule has 0 unspecified atom stereocenters. The first-order chi connectivity index (χ1) is 10.1. The van der Waals surface area contributed by atoms with E-state index in [0.29, 0.717) is 10.6 Å². The van der Waals surface area contributed by atoms with Crippen LogP contribution >= 0.6 is 11.6 Å². The zero-order valence-electron chi connectivity index (χ0n) is 10.8. The van der Waals surface area contributed by atoms with E-state index in [2.05, 4.69) is 0 Å². The molecule has 0 aliphatic carbocycles. The van der Waals surface area contributed by atoms with E-state index < -0.39 is 11.8 Å². The Labute approximate surface area is 125 Å². The van der Waals surface area contributed by atoms with Gasteiger partial charge in [0.05, 0.1) is 11.8 Å². The molecule has 5 heteroatoms. The van der Waals surface area contributed by atoms with Gasteiger partial charge in [0.2, 0.25) is 0 Å². The van der Waals surface area contributed by atoms with Crippen LogP contribution in [0.3, 0.4) is 0 Å². The molecule has 2 aromatic rings. The second-order valence-electron chi connectivity index (χ2n) is 4.09. The first kappa shape index (κ1) is 14.9. The van der Waals surface area contributed by atoms with Crippen LogP contribution in [0.15, 0.2) is 60.9 Å². The molecule has 0 N–H and O–H groups in total. The second kappa shape index (κ2) is 6.81. The molecule has 0 atom stereocenters. The van der Waals surface area contributed by atoms with E-state index >= 15 is 0 Å². The summed E-state index contributed by atoms with van der Waals surface area (Å²) in [6.07, 6.45) is 2.09. The number of halogens is 2. The van der Waals surface area contributed by atoms with Crippen LogP contribution in [0.4, 0.5) is 4.39 Å². The molecular weight excluding hydrogens is 295 g/mol. The molecule has 2 rings (SSSR count). The van der Waals surface area contributed by atoms with E-state index in [-0.39, 0.29) is 11.3 Å². The maximum atomic E-state index is 12.9. The predicted molar refractivity (Wildman–Crippen MR) is 76.7 cm³/mol. The fourth-order valence-corrected chi connectivity index (χ4v) is 1.68. The number of ketones is 1. The minimum Gasteiger partial charge on any atom is -0.431 e. The minimum absolute atomic E-state index is 0.0681. The number of hydrogen-bond acceptors (Lipinski definition) is 3.